The summed E-state index contributed by atoms with van der Waals surface area (Å²) in [5.41, 5.74) is 1.37. The molecule has 2 atom stereocenters. The van der Waals surface area contributed by atoms with Crippen LogP contribution in [0.4, 0.5) is 14.0 Å². The number of fused-ring (bicyclic) bond motifs is 1. The predicted molar refractivity (Wildman–Crippen MR) is 138 cm³/mol. The molecule has 2 fully saturated rings. The maximum absolute atomic E-state index is 13.6. The van der Waals surface area contributed by atoms with Crippen molar-refractivity contribution in [1.82, 2.24) is 15.2 Å². The normalized spacial score (nSPS) is 20.0. The van der Waals surface area contributed by atoms with Gasteiger partial charge >= 0.3 is 12.2 Å². The zero-order valence-electron chi connectivity index (χ0n) is 20.9. The van der Waals surface area contributed by atoms with Crippen molar-refractivity contribution in [2.45, 2.75) is 32.1 Å². The van der Waals surface area contributed by atoms with Crippen LogP contribution < -0.4 is 10.1 Å². The third-order valence-electron chi connectivity index (χ3n) is 7.00. The highest BCUT2D eigenvalue weighted by atomic mass is 35.5. The Kier molecular flexibility index (Phi) is 6.88. The molecule has 2 unspecified atom stereocenters. The number of aromatic nitrogens is 1. The highest BCUT2D eigenvalue weighted by Gasteiger charge is 2.59. The van der Waals surface area contributed by atoms with Gasteiger partial charge in [0, 0.05) is 42.1 Å². The highest BCUT2D eigenvalue weighted by molar-refractivity contribution is 6.34. The van der Waals surface area contributed by atoms with Crippen LogP contribution >= 0.6 is 11.6 Å². The minimum atomic E-state index is -0.986. The Morgan fingerprint density at radius 1 is 1.13 bits per heavy atom. The van der Waals surface area contributed by atoms with Crippen molar-refractivity contribution >= 4 is 23.8 Å². The van der Waals surface area contributed by atoms with Gasteiger partial charge in [-0.1, -0.05) is 41.9 Å². The molecule has 2 amide bonds. The summed E-state index contributed by atoms with van der Waals surface area (Å²) < 4.78 is 25.2. The summed E-state index contributed by atoms with van der Waals surface area (Å²) in [6.45, 7) is 4.51. The smallest absolute Gasteiger partial charge is 0.408 e. The number of carbonyl (C=O) groups is 2. The van der Waals surface area contributed by atoms with Crippen LogP contribution in [-0.2, 0) is 16.9 Å². The summed E-state index contributed by atoms with van der Waals surface area (Å²) in [6.07, 6.45) is -1.73. The average molecular weight is 540 g/mol. The van der Waals surface area contributed by atoms with Gasteiger partial charge < -0.3 is 24.8 Å². The van der Waals surface area contributed by atoms with E-state index in [0.717, 1.165) is 5.56 Å². The molecule has 2 aliphatic rings. The lowest BCUT2D eigenvalue weighted by atomic mass is 9.93. The molecule has 1 aromatic heterocycles. The van der Waals surface area contributed by atoms with Gasteiger partial charge in [-0.3, -0.25) is 0 Å². The SMILES string of the molecule is CC(C)(NC(=O)OCc1ccccc1)c1cc(OC2C3CN(C(=O)O)CC32)nc(-c2ccc(F)cc2)c1Cl. The van der Waals surface area contributed by atoms with Crippen molar-refractivity contribution in [2.75, 3.05) is 13.1 Å². The summed E-state index contributed by atoms with van der Waals surface area (Å²) >= 11 is 6.82. The molecule has 2 heterocycles. The molecular weight excluding hydrogens is 513 g/mol. The van der Waals surface area contributed by atoms with Crippen molar-refractivity contribution in [1.29, 1.82) is 0 Å². The first-order valence-electron chi connectivity index (χ1n) is 12.2. The third-order valence-corrected chi connectivity index (χ3v) is 7.38. The summed E-state index contributed by atoms with van der Waals surface area (Å²) in [7, 11) is 0. The van der Waals surface area contributed by atoms with Crippen LogP contribution in [0.25, 0.3) is 11.3 Å². The number of pyridine rings is 1. The number of rotatable bonds is 7. The molecule has 1 saturated carbocycles. The number of ether oxygens (including phenoxy) is 2. The monoisotopic (exact) mass is 539 g/mol. The van der Waals surface area contributed by atoms with Crippen LogP contribution in [0.3, 0.4) is 0 Å². The van der Waals surface area contributed by atoms with Crippen LogP contribution in [0.15, 0.2) is 60.7 Å². The number of piperidine rings is 1. The number of halogens is 2. The minimum absolute atomic E-state index is 0.0976. The number of hydrogen-bond acceptors (Lipinski definition) is 5. The Hall–Kier alpha value is -3.85. The second-order valence-electron chi connectivity index (χ2n) is 10.1. The quantitative estimate of drug-likeness (QED) is 0.400. The van der Waals surface area contributed by atoms with Gasteiger partial charge in [0.15, 0.2) is 0 Å². The van der Waals surface area contributed by atoms with Crippen molar-refractivity contribution in [3.05, 3.63) is 82.6 Å². The molecule has 198 valence electrons. The fraction of sp³-hybridized carbons (Fsp3) is 0.321. The van der Waals surface area contributed by atoms with Gasteiger partial charge in [-0.15, -0.1) is 0 Å². The van der Waals surface area contributed by atoms with Gasteiger partial charge in [0.2, 0.25) is 5.88 Å². The number of carbonyl (C=O) groups excluding carboxylic acids is 1. The predicted octanol–water partition coefficient (Wildman–Crippen LogP) is 5.69. The van der Waals surface area contributed by atoms with E-state index >= 15 is 0 Å². The fourth-order valence-electron chi connectivity index (χ4n) is 4.84. The number of hydrogen-bond donors (Lipinski definition) is 2. The fourth-order valence-corrected chi connectivity index (χ4v) is 5.29. The average Bonchev–Trinajstić information content (AvgIpc) is 3.30. The lowest BCUT2D eigenvalue weighted by molar-refractivity contribution is 0.129. The van der Waals surface area contributed by atoms with Crippen LogP contribution in [0, 0.1) is 17.7 Å². The number of benzene rings is 2. The lowest BCUT2D eigenvalue weighted by Gasteiger charge is -2.28. The Morgan fingerprint density at radius 2 is 1.79 bits per heavy atom. The van der Waals surface area contributed by atoms with E-state index in [4.69, 9.17) is 21.1 Å². The molecule has 1 aliphatic heterocycles. The topological polar surface area (TPSA) is 101 Å². The van der Waals surface area contributed by atoms with Gasteiger partial charge in [0.25, 0.3) is 0 Å². The van der Waals surface area contributed by atoms with Gasteiger partial charge in [-0.05, 0) is 43.7 Å². The Bertz CT molecular complexity index is 1340. The first-order chi connectivity index (χ1) is 18.1. The number of likely N-dealkylation sites (tertiary alicyclic amines) is 1. The second kappa shape index (κ2) is 10.1. The van der Waals surface area contributed by atoms with E-state index < -0.39 is 23.5 Å². The molecule has 38 heavy (non-hydrogen) atoms. The van der Waals surface area contributed by atoms with Crippen molar-refractivity contribution in [3.63, 3.8) is 0 Å². The first kappa shape index (κ1) is 25.8. The Morgan fingerprint density at radius 3 is 2.42 bits per heavy atom. The standard InChI is InChI=1S/C28H27ClFN3O5/c1-28(2,32-26(34)37-15-16-6-4-3-5-7-16)21-12-22(38-25-19-13-33(27(35)36)14-20(19)25)31-24(23(21)29)17-8-10-18(30)11-9-17/h3-12,19-20,25H,13-15H2,1-2H3,(H,32,34)(H,35,36). The number of amides is 2. The Balaban J connectivity index is 1.39. The molecule has 0 bridgehead atoms. The zero-order valence-corrected chi connectivity index (χ0v) is 21.6. The summed E-state index contributed by atoms with van der Waals surface area (Å²) in [6, 6.07) is 16.8. The van der Waals surface area contributed by atoms with Crippen LogP contribution in [0.2, 0.25) is 5.02 Å². The van der Waals surface area contributed by atoms with E-state index in [1.807, 2.05) is 30.3 Å². The van der Waals surface area contributed by atoms with Crippen LogP contribution in [0.5, 0.6) is 5.88 Å². The zero-order chi connectivity index (χ0) is 27.0. The second-order valence-corrected chi connectivity index (χ2v) is 10.5. The molecule has 0 spiro atoms. The number of carboxylic acid groups (broad SMARTS) is 1. The molecule has 1 aliphatic carbocycles. The lowest BCUT2D eigenvalue weighted by Crippen LogP contribution is -2.41. The summed E-state index contributed by atoms with van der Waals surface area (Å²) in [5.74, 6) is 0.0905. The summed E-state index contributed by atoms with van der Waals surface area (Å²) in [5, 5.41) is 12.4. The molecule has 8 nitrogen and oxygen atoms in total. The van der Waals surface area contributed by atoms with Gasteiger partial charge in [-0.2, -0.15) is 0 Å². The van der Waals surface area contributed by atoms with Crippen molar-refractivity contribution in [3.8, 4) is 17.1 Å². The maximum atomic E-state index is 13.6. The molecule has 10 heteroatoms. The van der Waals surface area contributed by atoms with Crippen molar-refractivity contribution < 1.29 is 28.6 Å². The molecular formula is C28H27ClFN3O5. The minimum Gasteiger partial charge on any atom is -0.474 e. The van der Waals surface area contributed by atoms with E-state index in [-0.39, 0.29) is 35.4 Å². The highest BCUT2D eigenvalue weighted by Crippen LogP contribution is 2.48. The van der Waals surface area contributed by atoms with E-state index in [1.54, 1.807) is 32.0 Å². The number of alkyl carbamates (subject to hydrolysis) is 1. The maximum Gasteiger partial charge on any atom is 0.408 e. The van der Waals surface area contributed by atoms with E-state index in [9.17, 15) is 19.1 Å². The number of nitrogens with zero attached hydrogens (tertiary/aromatic N) is 2. The molecule has 1 saturated heterocycles. The summed E-state index contributed by atoms with van der Waals surface area (Å²) in [4.78, 5) is 29.9. The Labute approximate surface area is 224 Å². The van der Waals surface area contributed by atoms with Gasteiger partial charge in [0.05, 0.1) is 16.3 Å². The largest absolute Gasteiger partial charge is 0.474 e. The van der Waals surface area contributed by atoms with Crippen LogP contribution in [0.1, 0.15) is 25.0 Å². The van der Waals surface area contributed by atoms with Gasteiger partial charge in [0.1, 0.15) is 18.5 Å². The molecule has 3 aromatic rings. The molecule has 5 rings (SSSR count). The van der Waals surface area contributed by atoms with E-state index in [0.29, 0.717) is 29.9 Å². The van der Waals surface area contributed by atoms with Crippen LogP contribution in [-0.4, -0.2) is 46.4 Å². The third kappa shape index (κ3) is 5.38. The van der Waals surface area contributed by atoms with Gasteiger partial charge in [-0.25, -0.2) is 19.0 Å². The molecule has 0 radical (unpaired) electrons. The van der Waals surface area contributed by atoms with Crippen molar-refractivity contribution in [2.24, 2.45) is 11.8 Å². The van der Waals surface area contributed by atoms with E-state index in [1.165, 1.54) is 17.0 Å². The first-order valence-corrected chi connectivity index (χ1v) is 12.6. The van der Waals surface area contributed by atoms with E-state index in [2.05, 4.69) is 10.3 Å². The molecule has 2 aromatic carbocycles. The number of nitrogens with one attached hydrogen (secondary N) is 1. The molecule has 2 N–H and O–H groups in total.